The summed E-state index contributed by atoms with van der Waals surface area (Å²) in [4.78, 5) is 11.6. The number of piperidine rings is 1. The lowest BCUT2D eigenvalue weighted by Gasteiger charge is -2.22. The highest BCUT2D eigenvalue weighted by atomic mass is 19.1. The van der Waals surface area contributed by atoms with Gasteiger partial charge < -0.3 is 16.0 Å². The predicted molar refractivity (Wildman–Crippen MR) is 69.0 cm³/mol. The number of urea groups is 1. The number of carbonyl (C=O) groups excluding carboxylic acids is 1. The first kappa shape index (κ1) is 12.8. The zero-order valence-corrected chi connectivity index (χ0v) is 10.2. The van der Waals surface area contributed by atoms with Gasteiger partial charge in [0, 0.05) is 12.2 Å². The number of hydrogen-bond acceptors (Lipinski definition) is 2. The highest BCUT2D eigenvalue weighted by molar-refractivity contribution is 5.89. The Balaban J connectivity index is 1.74. The molecule has 1 aromatic rings. The van der Waals surface area contributed by atoms with E-state index in [1.807, 2.05) is 0 Å². The quantitative estimate of drug-likeness (QED) is 0.769. The monoisotopic (exact) mass is 251 g/mol. The van der Waals surface area contributed by atoms with Crippen LogP contribution in [0.1, 0.15) is 12.8 Å². The van der Waals surface area contributed by atoms with Crippen LogP contribution >= 0.6 is 0 Å². The van der Waals surface area contributed by atoms with E-state index in [0.717, 1.165) is 25.9 Å². The normalized spacial score (nSPS) is 19.3. The summed E-state index contributed by atoms with van der Waals surface area (Å²) < 4.78 is 12.9. The van der Waals surface area contributed by atoms with Crippen molar-refractivity contribution in [2.75, 3.05) is 25.0 Å². The summed E-state index contributed by atoms with van der Waals surface area (Å²) in [5.74, 6) is 0.126. The lowest BCUT2D eigenvalue weighted by atomic mass is 10.00. The molecule has 98 valence electrons. The molecule has 2 rings (SSSR count). The van der Waals surface area contributed by atoms with Gasteiger partial charge >= 0.3 is 6.03 Å². The molecule has 0 saturated carbocycles. The van der Waals surface area contributed by atoms with Gasteiger partial charge in [0.1, 0.15) is 5.82 Å². The molecular weight excluding hydrogens is 233 g/mol. The van der Waals surface area contributed by atoms with Gasteiger partial charge in [-0.05, 0) is 50.0 Å². The number of rotatable bonds is 3. The minimum Gasteiger partial charge on any atom is -0.338 e. The molecule has 5 heteroatoms. The van der Waals surface area contributed by atoms with E-state index < -0.39 is 0 Å². The average Bonchev–Trinajstić information content (AvgIpc) is 2.38. The predicted octanol–water partition coefficient (Wildman–Crippen LogP) is 1.95. The van der Waals surface area contributed by atoms with Gasteiger partial charge in [0.15, 0.2) is 0 Å². The summed E-state index contributed by atoms with van der Waals surface area (Å²) in [5, 5.41) is 8.71. The van der Waals surface area contributed by atoms with E-state index in [4.69, 9.17) is 0 Å². The summed E-state index contributed by atoms with van der Waals surface area (Å²) >= 11 is 0. The Morgan fingerprint density at radius 2 is 2.39 bits per heavy atom. The lowest BCUT2D eigenvalue weighted by Crippen LogP contribution is -2.39. The number of nitrogens with one attached hydrogen (secondary N) is 3. The van der Waals surface area contributed by atoms with Crippen LogP contribution in [0.15, 0.2) is 24.3 Å². The molecule has 0 spiro atoms. The number of anilines is 1. The fourth-order valence-electron chi connectivity index (χ4n) is 2.08. The second-order valence-corrected chi connectivity index (χ2v) is 4.56. The molecule has 1 atom stereocenters. The third-order valence-corrected chi connectivity index (χ3v) is 3.03. The van der Waals surface area contributed by atoms with Gasteiger partial charge in [-0.25, -0.2) is 9.18 Å². The third kappa shape index (κ3) is 4.00. The minimum atomic E-state index is -0.357. The van der Waals surface area contributed by atoms with E-state index in [2.05, 4.69) is 16.0 Å². The Hall–Kier alpha value is -1.62. The molecule has 0 aliphatic carbocycles. The maximum Gasteiger partial charge on any atom is 0.319 e. The van der Waals surface area contributed by atoms with E-state index in [0.29, 0.717) is 18.2 Å². The van der Waals surface area contributed by atoms with Gasteiger partial charge in [-0.3, -0.25) is 0 Å². The number of amides is 2. The molecule has 1 aliphatic rings. The van der Waals surface area contributed by atoms with Crippen LogP contribution in [0.4, 0.5) is 14.9 Å². The Morgan fingerprint density at radius 3 is 3.11 bits per heavy atom. The van der Waals surface area contributed by atoms with Crippen molar-refractivity contribution in [1.29, 1.82) is 0 Å². The van der Waals surface area contributed by atoms with Crippen molar-refractivity contribution in [2.24, 2.45) is 5.92 Å². The summed E-state index contributed by atoms with van der Waals surface area (Å²) in [6.45, 7) is 2.65. The third-order valence-electron chi connectivity index (χ3n) is 3.03. The van der Waals surface area contributed by atoms with Crippen molar-refractivity contribution in [3.05, 3.63) is 30.1 Å². The highest BCUT2D eigenvalue weighted by Crippen LogP contribution is 2.10. The smallest absolute Gasteiger partial charge is 0.319 e. The largest absolute Gasteiger partial charge is 0.338 e. The van der Waals surface area contributed by atoms with E-state index in [9.17, 15) is 9.18 Å². The first-order valence-corrected chi connectivity index (χ1v) is 6.25. The molecule has 18 heavy (non-hydrogen) atoms. The topological polar surface area (TPSA) is 53.2 Å². The van der Waals surface area contributed by atoms with Gasteiger partial charge in [0.2, 0.25) is 0 Å². The van der Waals surface area contributed by atoms with E-state index >= 15 is 0 Å². The second kappa shape index (κ2) is 6.35. The van der Waals surface area contributed by atoms with Crippen molar-refractivity contribution in [2.45, 2.75) is 12.8 Å². The first-order valence-electron chi connectivity index (χ1n) is 6.25. The average molecular weight is 251 g/mol. The van der Waals surface area contributed by atoms with Crippen LogP contribution in [0.3, 0.4) is 0 Å². The van der Waals surface area contributed by atoms with Crippen molar-refractivity contribution in [3.63, 3.8) is 0 Å². The van der Waals surface area contributed by atoms with Gasteiger partial charge in [0.25, 0.3) is 0 Å². The summed E-state index contributed by atoms with van der Waals surface area (Å²) in [6.07, 6.45) is 2.28. The fraction of sp³-hybridized carbons (Fsp3) is 0.462. The van der Waals surface area contributed by atoms with Crippen LogP contribution < -0.4 is 16.0 Å². The highest BCUT2D eigenvalue weighted by Gasteiger charge is 2.13. The van der Waals surface area contributed by atoms with Crippen molar-refractivity contribution in [3.8, 4) is 0 Å². The number of halogens is 1. The first-order chi connectivity index (χ1) is 8.74. The Bertz CT molecular complexity index is 405. The van der Waals surface area contributed by atoms with Gasteiger partial charge in [-0.2, -0.15) is 0 Å². The lowest BCUT2D eigenvalue weighted by molar-refractivity contribution is 0.248. The van der Waals surface area contributed by atoms with Crippen LogP contribution in [0.2, 0.25) is 0 Å². The van der Waals surface area contributed by atoms with E-state index in [1.54, 1.807) is 12.1 Å². The van der Waals surface area contributed by atoms with Crippen LogP contribution in [-0.2, 0) is 0 Å². The molecule has 1 fully saturated rings. The van der Waals surface area contributed by atoms with Crippen LogP contribution in [0, 0.1) is 11.7 Å². The van der Waals surface area contributed by atoms with Crippen LogP contribution in [0.5, 0.6) is 0 Å². The Morgan fingerprint density at radius 1 is 1.50 bits per heavy atom. The van der Waals surface area contributed by atoms with E-state index in [-0.39, 0.29) is 11.8 Å². The summed E-state index contributed by atoms with van der Waals surface area (Å²) in [5.41, 5.74) is 0.467. The Labute approximate surface area is 106 Å². The summed E-state index contributed by atoms with van der Waals surface area (Å²) in [6, 6.07) is 5.57. The number of benzene rings is 1. The molecule has 1 aromatic carbocycles. The summed E-state index contributed by atoms with van der Waals surface area (Å²) in [7, 11) is 0. The van der Waals surface area contributed by atoms with Crippen molar-refractivity contribution < 1.29 is 9.18 Å². The van der Waals surface area contributed by atoms with Crippen molar-refractivity contribution in [1.82, 2.24) is 10.6 Å². The molecule has 4 nitrogen and oxygen atoms in total. The maximum atomic E-state index is 12.9. The minimum absolute atomic E-state index is 0.286. The number of carbonyl (C=O) groups is 1. The van der Waals surface area contributed by atoms with Gasteiger partial charge in [-0.15, -0.1) is 0 Å². The maximum absolute atomic E-state index is 12.9. The molecule has 0 aromatic heterocycles. The van der Waals surface area contributed by atoms with Crippen LogP contribution in [0.25, 0.3) is 0 Å². The molecule has 3 N–H and O–H groups in total. The molecular formula is C13H18FN3O. The van der Waals surface area contributed by atoms with Gasteiger partial charge in [0.05, 0.1) is 0 Å². The zero-order chi connectivity index (χ0) is 12.8. The fourth-order valence-corrected chi connectivity index (χ4v) is 2.08. The number of hydrogen-bond donors (Lipinski definition) is 3. The van der Waals surface area contributed by atoms with Crippen LogP contribution in [-0.4, -0.2) is 25.7 Å². The van der Waals surface area contributed by atoms with E-state index in [1.165, 1.54) is 12.1 Å². The molecule has 1 saturated heterocycles. The molecule has 1 heterocycles. The molecule has 0 radical (unpaired) electrons. The molecule has 2 amide bonds. The molecule has 1 unspecified atom stereocenters. The molecule has 1 aliphatic heterocycles. The van der Waals surface area contributed by atoms with Gasteiger partial charge in [-0.1, -0.05) is 6.07 Å². The second-order valence-electron chi connectivity index (χ2n) is 4.56. The standard InChI is InChI=1S/C13H18FN3O/c14-11-4-1-5-12(7-11)17-13(18)16-9-10-3-2-6-15-8-10/h1,4-5,7,10,15H,2-3,6,8-9H2,(H2,16,17,18). The zero-order valence-electron chi connectivity index (χ0n) is 10.2. The SMILES string of the molecule is O=C(NCC1CCCNC1)Nc1cccc(F)c1. The Kier molecular flexibility index (Phi) is 4.52. The molecule has 0 bridgehead atoms. The van der Waals surface area contributed by atoms with Crippen molar-refractivity contribution >= 4 is 11.7 Å².